The van der Waals surface area contributed by atoms with Crippen molar-refractivity contribution in [3.63, 3.8) is 0 Å². The normalized spacial score (nSPS) is 16.4. The van der Waals surface area contributed by atoms with Crippen LogP contribution >= 0.6 is 24.0 Å². The van der Waals surface area contributed by atoms with Gasteiger partial charge in [-0.3, -0.25) is 0 Å². The van der Waals surface area contributed by atoms with Gasteiger partial charge in [0.2, 0.25) is 0 Å². The first-order chi connectivity index (χ1) is 14.3. The van der Waals surface area contributed by atoms with Gasteiger partial charge in [0, 0.05) is 19.6 Å². The van der Waals surface area contributed by atoms with E-state index in [4.69, 9.17) is 19.2 Å². The number of nitrogens with one attached hydrogen (secondary N) is 2. The predicted octanol–water partition coefficient (Wildman–Crippen LogP) is 3.78. The maximum absolute atomic E-state index is 12.0. The number of guanidine groups is 1. The molecule has 9 heteroatoms. The van der Waals surface area contributed by atoms with Crippen molar-refractivity contribution >= 4 is 36.0 Å². The molecule has 0 saturated carbocycles. The van der Waals surface area contributed by atoms with E-state index in [2.05, 4.69) is 15.5 Å². The minimum atomic E-state index is -0.503. The molecule has 1 saturated heterocycles. The first-order valence-corrected chi connectivity index (χ1v) is 10.6. The number of carbonyl (C=O) groups excluding carboxylic acids is 1. The zero-order valence-electron chi connectivity index (χ0n) is 19.5. The first-order valence-electron chi connectivity index (χ1n) is 10.6. The van der Waals surface area contributed by atoms with Gasteiger partial charge in [-0.25, -0.2) is 9.79 Å². The van der Waals surface area contributed by atoms with Crippen molar-refractivity contribution in [3.05, 3.63) is 23.8 Å². The summed E-state index contributed by atoms with van der Waals surface area (Å²) in [4.78, 5) is 19.0. The van der Waals surface area contributed by atoms with Crippen molar-refractivity contribution in [2.45, 2.75) is 59.2 Å². The lowest BCUT2D eigenvalue weighted by atomic mass is 10.2. The van der Waals surface area contributed by atoms with Crippen molar-refractivity contribution in [1.82, 2.24) is 15.5 Å². The van der Waals surface area contributed by atoms with Gasteiger partial charge in [0.15, 0.2) is 17.5 Å². The fraction of sp³-hybridized carbons (Fsp3) is 0.636. The van der Waals surface area contributed by atoms with Gasteiger partial charge >= 0.3 is 6.09 Å². The Morgan fingerprint density at radius 1 is 1.26 bits per heavy atom. The smallest absolute Gasteiger partial charge is 0.407 e. The average molecular weight is 548 g/mol. The number of carbonyl (C=O) groups is 1. The van der Waals surface area contributed by atoms with Gasteiger partial charge < -0.3 is 29.7 Å². The zero-order chi connectivity index (χ0) is 22.1. The van der Waals surface area contributed by atoms with Crippen LogP contribution in [0.2, 0.25) is 0 Å². The van der Waals surface area contributed by atoms with Crippen molar-refractivity contribution in [3.8, 4) is 11.5 Å². The number of methoxy groups -OCH3 is 1. The highest BCUT2D eigenvalue weighted by Gasteiger charge is 2.27. The molecule has 0 radical (unpaired) electrons. The number of amides is 1. The zero-order valence-corrected chi connectivity index (χ0v) is 21.8. The van der Waals surface area contributed by atoms with E-state index >= 15 is 0 Å². The van der Waals surface area contributed by atoms with Gasteiger partial charge in [0.25, 0.3) is 0 Å². The standard InChI is InChI=1S/C22H36N4O4.HI/c1-7-23-20(24-14-16-9-10-18(28-6)19(13-16)29-8-2)26-12-11-17(15-26)25-21(27)30-22(3,4)5;/h9-10,13,17H,7-8,11-12,14-15H2,1-6H3,(H,23,24)(H,25,27);1H. The number of halogens is 1. The summed E-state index contributed by atoms with van der Waals surface area (Å²) in [6.07, 6.45) is 0.471. The van der Waals surface area contributed by atoms with Gasteiger partial charge in [-0.1, -0.05) is 6.07 Å². The number of hydrogen-bond donors (Lipinski definition) is 2. The van der Waals surface area contributed by atoms with Crippen LogP contribution in [0, 0.1) is 0 Å². The van der Waals surface area contributed by atoms with E-state index in [1.165, 1.54) is 0 Å². The fourth-order valence-electron chi connectivity index (χ4n) is 3.22. The quantitative estimate of drug-likeness (QED) is 0.307. The summed E-state index contributed by atoms with van der Waals surface area (Å²) in [6, 6.07) is 5.89. The molecule has 1 aromatic rings. The molecule has 0 spiro atoms. The summed E-state index contributed by atoms with van der Waals surface area (Å²) in [5.74, 6) is 2.27. The second-order valence-corrected chi connectivity index (χ2v) is 8.17. The van der Waals surface area contributed by atoms with Crippen LogP contribution in [0.4, 0.5) is 4.79 Å². The lowest BCUT2D eigenvalue weighted by Crippen LogP contribution is -2.44. The molecule has 1 heterocycles. The van der Waals surface area contributed by atoms with Crippen LogP contribution in [0.3, 0.4) is 0 Å². The highest BCUT2D eigenvalue weighted by molar-refractivity contribution is 14.0. The molecule has 1 aromatic carbocycles. The molecule has 31 heavy (non-hydrogen) atoms. The molecule has 0 aromatic heterocycles. The van der Waals surface area contributed by atoms with Crippen molar-refractivity contribution in [2.24, 2.45) is 4.99 Å². The lowest BCUT2D eigenvalue weighted by Gasteiger charge is -2.23. The molecular formula is C22H37IN4O4. The third-order valence-corrected chi connectivity index (χ3v) is 4.48. The number of alkyl carbamates (subject to hydrolysis) is 1. The highest BCUT2D eigenvalue weighted by Crippen LogP contribution is 2.28. The minimum Gasteiger partial charge on any atom is -0.493 e. The lowest BCUT2D eigenvalue weighted by molar-refractivity contribution is 0.0507. The summed E-state index contributed by atoms with van der Waals surface area (Å²) in [5.41, 5.74) is 0.537. The van der Waals surface area contributed by atoms with Crippen LogP contribution in [0.25, 0.3) is 0 Å². The topological polar surface area (TPSA) is 84.4 Å². The maximum Gasteiger partial charge on any atom is 0.407 e. The van der Waals surface area contributed by atoms with Crippen LogP contribution in [0.15, 0.2) is 23.2 Å². The number of hydrogen-bond acceptors (Lipinski definition) is 5. The molecule has 0 aliphatic carbocycles. The van der Waals surface area contributed by atoms with Crippen LogP contribution < -0.4 is 20.1 Å². The Kier molecular flexibility index (Phi) is 11.2. The van der Waals surface area contributed by atoms with Gasteiger partial charge in [0.05, 0.1) is 26.3 Å². The number of benzene rings is 1. The number of nitrogens with zero attached hydrogens (tertiary/aromatic N) is 2. The monoisotopic (exact) mass is 548 g/mol. The molecule has 0 bridgehead atoms. The number of likely N-dealkylation sites (tertiary alicyclic amines) is 1. The van der Waals surface area contributed by atoms with Crippen LogP contribution in [-0.4, -0.2) is 61.9 Å². The van der Waals surface area contributed by atoms with E-state index < -0.39 is 5.60 Å². The van der Waals surface area contributed by atoms with Gasteiger partial charge in [-0.2, -0.15) is 0 Å². The van der Waals surface area contributed by atoms with Crippen LogP contribution in [0.1, 0.15) is 46.6 Å². The number of aliphatic imine (C=N–C) groups is 1. The maximum atomic E-state index is 12.0. The third-order valence-electron chi connectivity index (χ3n) is 4.48. The summed E-state index contributed by atoms with van der Waals surface area (Å²) in [5, 5.41) is 6.30. The van der Waals surface area contributed by atoms with E-state index in [0.717, 1.165) is 36.8 Å². The molecule has 176 valence electrons. The Morgan fingerprint density at radius 2 is 2.00 bits per heavy atom. The van der Waals surface area contributed by atoms with Crippen LogP contribution in [-0.2, 0) is 11.3 Å². The van der Waals surface area contributed by atoms with E-state index in [1.807, 2.05) is 52.8 Å². The number of rotatable bonds is 7. The molecule has 1 aliphatic rings. The average Bonchev–Trinajstić information content (AvgIpc) is 3.12. The molecule has 2 N–H and O–H groups in total. The predicted molar refractivity (Wildman–Crippen MR) is 134 cm³/mol. The number of ether oxygens (including phenoxy) is 3. The summed E-state index contributed by atoms with van der Waals surface area (Å²) in [7, 11) is 1.63. The second kappa shape index (κ2) is 12.8. The highest BCUT2D eigenvalue weighted by atomic mass is 127. The Bertz CT molecular complexity index is 737. The Morgan fingerprint density at radius 3 is 2.61 bits per heavy atom. The van der Waals surface area contributed by atoms with Crippen molar-refractivity contribution in [1.29, 1.82) is 0 Å². The van der Waals surface area contributed by atoms with E-state index in [1.54, 1.807) is 7.11 Å². The Labute approximate surface area is 203 Å². The Hall–Kier alpha value is -1.91. The van der Waals surface area contributed by atoms with Crippen LogP contribution in [0.5, 0.6) is 11.5 Å². The van der Waals surface area contributed by atoms with Gasteiger partial charge in [-0.15, -0.1) is 24.0 Å². The summed E-state index contributed by atoms with van der Waals surface area (Å²) >= 11 is 0. The van der Waals surface area contributed by atoms with Crippen molar-refractivity contribution in [2.75, 3.05) is 33.4 Å². The van der Waals surface area contributed by atoms with Gasteiger partial charge in [0.1, 0.15) is 5.60 Å². The second-order valence-electron chi connectivity index (χ2n) is 8.17. The van der Waals surface area contributed by atoms with E-state index in [-0.39, 0.29) is 36.1 Å². The molecule has 8 nitrogen and oxygen atoms in total. The molecule has 1 aliphatic heterocycles. The van der Waals surface area contributed by atoms with E-state index in [0.29, 0.717) is 25.4 Å². The molecule has 1 atom stereocenters. The SMILES string of the molecule is CCNC(=NCc1ccc(OC)c(OCC)c1)N1CCC(NC(=O)OC(C)(C)C)C1.I. The van der Waals surface area contributed by atoms with Gasteiger partial charge in [-0.05, 0) is 58.7 Å². The summed E-state index contributed by atoms with van der Waals surface area (Å²) < 4.78 is 16.4. The summed E-state index contributed by atoms with van der Waals surface area (Å²) in [6.45, 7) is 13.0. The first kappa shape index (κ1) is 27.1. The Balaban J connectivity index is 0.00000480. The minimum absolute atomic E-state index is 0. The molecule has 1 fully saturated rings. The molecular weight excluding hydrogens is 511 g/mol. The molecule has 2 rings (SSSR count). The molecule has 1 amide bonds. The third kappa shape index (κ3) is 9.00. The molecule has 1 unspecified atom stereocenters. The van der Waals surface area contributed by atoms with E-state index in [9.17, 15) is 4.79 Å². The largest absolute Gasteiger partial charge is 0.493 e. The van der Waals surface area contributed by atoms with Crippen molar-refractivity contribution < 1.29 is 19.0 Å². The fourth-order valence-corrected chi connectivity index (χ4v) is 3.22.